The second-order valence-electron chi connectivity index (χ2n) is 9.47. The first-order valence-electron chi connectivity index (χ1n) is 11.4. The average molecular weight is 555 g/mol. The van der Waals surface area contributed by atoms with Crippen molar-refractivity contribution in [1.29, 1.82) is 0 Å². The molecule has 1 saturated heterocycles. The van der Waals surface area contributed by atoms with Crippen LogP contribution in [0.5, 0.6) is 0 Å². The number of esters is 2. The molecule has 0 unspecified atom stereocenters. The van der Waals surface area contributed by atoms with Gasteiger partial charge in [0.15, 0.2) is 0 Å². The molecule has 1 aliphatic rings. The topological polar surface area (TPSA) is 103 Å². The summed E-state index contributed by atoms with van der Waals surface area (Å²) in [5.74, 6) is -0.712. The Hall–Kier alpha value is -3.08. The van der Waals surface area contributed by atoms with Gasteiger partial charge in [-0.05, 0) is 74.9 Å². The predicted molar refractivity (Wildman–Crippen MR) is 143 cm³/mol. The molecule has 8 nitrogen and oxygen atoms in total. The number of aromatic amines is 2. The zero-order valence-electron chi connectivity index (χ0n) is 21.0. The first-order chi connectivity index (χ1) is 17.0. The number of benzene rings is 2. The highest BCUT2D eigenvalue weighted by molar-refractivity contribution is 9.10. The minimum Gasteiger partial charge on any atom is -0.465 e. The largest absolute Gasteiger partial charge is 0.495 e. The summed E-state index contributed by atoms with van der Waals surface area (Å²) in [6.07, 6.45) is 3.66. The number of fused-ring (bicyclic) bond motifs is 2. The van der Waals surface area contributed by atoms with Gasteiger partial charge in [0, 0.05) is 33.3 Å². The predicted octanol–water partition coefficient (Wildman–Crippen LogP) is 4.97. The number of aromatic nitrogens is 2. The number of halogens is 1. The van der Waals surface area contributed by atoms with Crippen molar-refractivity contribution < 1.29 is 28.4 Å². The molecule has 0 amide bonds. The van der Waals surface area contributed by atoms with E-state index in [-0.39, 0.29) is 11.9 Å². The summed E-state index contributed by atoms with van der Waals surface area (Å²) in [7, 11) is 2.22. The molecule has 3 heterocycles. The summed E-state index contributed by atoms with van der Waals surface area (Å²) in [6.45, 7) is 8.02. The average Bonchev–Trinajstić information content (AvgIpc) is 3.55. The van der Waals surface area contributed by atoms with Crippen molar-refractivity contribution in [2.45, 2.75) is 38.9 Å². The van der Waals surface area contributed by atoms with Gasteiger partial charge in [-0.1, -0.05) is 15.9 Å². The third-order valence-corrected chi connectivity index (χ3v) is 7.32. The fraction of sp³-hybridized carbons (Fsp3) is 0.308. The van der Waals surface area contributed by atoms with Crippen molar-refractivity contribution in [3.05, 3.63) is 64.4 Å². The highest BCUT2D eigenvalue weighted by Crippen LogP contribution is 2.37. The Morgan fingerprint density at radius 1 is 0.806 bits per heavy atom. The van der Waals surface area contributed by atoms with E-state index in [1.54, 1.807) is 24.3 Å². The monoisotopic (exact) mass is 554 g/mol. The number of H-pyrrole nitrogens is 2. The molecule has 0 radical (unpaired) electrons. The molecule has 188 valence electrons. The highest BCUT2D eigenvalue weighted by Gasteiger charge is 2.52. The number of methoxy groups -OCH3 is 2. The van der Waals surface area contributed by atoms with E-state index in [0.29, 0.717) is 11.1 Å². The lowest BCUT2D eigenvalue weighted by atomic mass is 9.76. The maximum absolute atomic E-state index is 11.9. The first kappa shape index (κ1) is 26.0. The third kappa shape index (κ3) is 4.80. The Balaban J connectivity index is 0.000000187. The van der Waals surface area contributed by atoms with Gasteiger partial charge in [0.25, 0.3) is 0 Å². The maximum atomic E-state index is 11.9. The Morgan fingerprint density at radius 2 is 1.28 bits per heavy atom. The second-order valence-corrected chi connectivity index (χ2v) is 10.3. The van der Waals surface area contributed by atoms with Crippen LogP contribution in [0.1, 0.15) is 48.4 Å². The highest BCUT2D eigenvalue weighted by atomic mass is 79.9. The minimum atomic E-state index is -0.520. The Kier molecular flexibility index (Phi) is 7.05. The van der Waals surface area contributed by atoms with Gasteiger partial charge in [-0.15, -0.1) is 0 Å². The van der Waals surface area contributed by atoms with Crippen LogP contribution in [0, 0.1) is 0 Å². The lowest BCUT2D eigenvalue weighted by Gasteiger charge is -2.32. The van der Waals surface area contributed by atoms with E-state index in [1.807, 2.05) is 52.2 Å². The fourth-order valence-corrected chi connectivity index (χ4v) is 4.55. The third-order valence-electron chi connectivity index (χ3n) is 6.67. The molecule has 10 heteroatoms. The van der Waals surface area contributed by atoms with E-state index in [2.05, 4.69) is 30.6 Å². The van der Waals surface area contributed by atoms with Gasteiger partial charge in [0.05, 0.1) is 36.5 Å². The molecule has 36 heavy (non-hydrogen) atoms. The minimum absolute atomic E-state index is 0.331. The van der Waals surface area contributed by atoms with Crippen molar-refractivity contribution in [2.75, 3.05) is 14.2 Å². The van der Waals surface area contributed by atoms with Gasteiger partial charge in [0.2, 0.25) is 0 Å². The molecule has 1 fully saturated rings. The molecule has 4 aromatic rings. The van der Waals surface area contributed by atoms with E-state index in [9.17, 15) is 9.59 Å². The van der Waals surface area contributed by atoms with E-state index < -0.39 is 18.3 Å². The smallest absolute Gasteiger partial charge is 0.465 e. The van der Waals surface area contributed by atoms with Crippen molar-refractivity contribution in [1.82, 2.24) is 9.97 Å². The van der Waals surface area contributed by atoms with Gasteiger partial charge >= 0.3 is 19.1 Å². The van der Waals surface area contributed by atoms with Crippen molar-refractivity contribution >= 4 is 62.3 Å². The summed E-state index contributed by atoms with van der Waals surface area (Å²) in [5, 5.41) is 2.03. The Labute approximate surface area is 217 Å². The van der Waals surface area contributed by atoms with Crippen molar-refractivity contribution in [3.8, 4) is 0 Å². The summed E-state index contributed by atoms with van der Waals surface area (Å²) < 4.78 is 22.6. The van der Waals surface area contributed by atoms with Gasteiger partial charge in [-0.25, -0.2) is 9.59 Å². The summed E-state index contributed by atoms with van der Waals surface area (Å²) >= 11 is 3.40. The number of rotatable bonds is 3. The van der Waals surface area contributed by atoms with Crippen LogP contribution in [0.15, 0.2) is 53.3 Å². The number of ether oxygens (including phenoxy) is 2. The van der Waals surface area contributed by atoms with Gasteiger partial charge in [-0.3, -0.25) is 0 Å². The number of carbonyl (C=O) groups excluding carboxylic acids is 2. The zero-order valence-corrected chi connectivity index (χ0v) is 22.6. The van der Waals surface area contributed by atoms with E-state index in [1.165, 1.54) is 14.2 Å². The second kappa shape index (κ2) is 9.76. The Bertz CT molecular complexity index is 1430. The van der Waals surface area contributed by atoms with Crippen LogP contribution in [-0.4, -0.2) is 54.4 Å². The molecule has 2 aromatic carbocycles. The zero-order chi connectivity index (χ0) is 26.3. The molecular weight excluding hydrogens is 527 g/mol. The maximum Gasteiger partial charge on any atom is 0.495 e. The molecule has 2 aromatic heterocycles. The molecule has 0 atom stereocenters. The van der Waals surface area contributed by atoms with Crippen LogP contribution >= 0.6 is 15.9 Å². The molecule has 0 spiro atoms. The van der Waals surface area contributed by atoms with Crippen LogP contribution in [0.2, 0.25) is 0 Å². The lowest BCUT2D eigenvalue weighted by Crippen LogP contribution is -2.41. The van der Waals surface area contributed by atoms with E-state index >= 15 is 0 Å². The van der Waals surface area contributed by atoms with Gasteiger partial charge < -0.3 is 28.8 Å². The number of carbonyl (C=O) groups is 2. The number of nitrogens with one attached hydrogen (secondary N) is 2. The molecule has 1 aliphatic heterocycles. The van der Waals surface area contributed by atoms with Gasteiger partial charge in [0.1, 0.15) is 0 Å². The van der Waals surface area contributed by atoms with Crippen LogP contribution in [0.3, 0.4) is 0 Å². The lowest BCUT2D eigenvalue weighted by molar-refractivity contribution is 0.00578. The van der Waals surface area contributed by atoms with Crippen molar-refractivity contribution in [2.24, 2.45) is 0 Å². The van der Waals surface area contributed by atoms with Gasteiger partial charge in [-0.2, -0.15) is 0 Å². The van der Waals surface area contributed by atoms with E-state index in [0.717, 1.165) is 31.7 Å². The Morgan fingerprint density at radius 3 is 1.81 bits per heavy atom. The molecule has 2 N–H and O–H groups in total. The molecule has 5 rings (SSSR count). The summed E-state index contributed by atoms with van der Waals surface area (Å²) in [5.41, 5.74) is 2.75. The number of hydrogen-bond acceptors (Lipinski definition) is 6. The van der Waals surface area contributed by atoms with Crippen LogP contribution in [0.4, 0.5) is 0 Å². The molecule has 0 aliphatic carbocycles. The van der Waals surface area contributed by atoms with Crippen molar-refractivity contribution in [3.63, 3.8) is 0 Å². The SMILES string of the molecule is COC(=O)c1cc(B2OC(C)(C)C(C)(C)O2)c2cc[nH]c2c1.COC(=O)c1cc(Br)c2cc[nH]c2c1. The fourth-order valence-electron chi connectivity index (χ4n) is 3.95. The molecular formula is C26H28BBrN2O6. The van der Waals surface area contributed by atoms with Crippen LogP contribution in [0.25, 0.3) is 21.8 Å². The molecule has 0 bridgehead atoms. The van der Waals surface area contributed by atoms with E-state index in [4.69, 9.17) is 14.0 Å². The molecule has 0 saturated carbocycles. The quantitative estimate of drug-likeness (QED) is 0.274. The summed E-state index contributed by atoms with van der Waals surface area (Å²) in [4.78, 5) is 29.3. The first-order valence-corrected chi connectivity index (χ1v) is 12.2. The standard InChI is InChI=1S/C16H20BNO4.C10H8BrNO2/c1-15(2)16(3,4)22-17(21-15)12-8-10(14(19)20-5)9-13-11(12)6-7-18-13;1-14-10(13)6-4-8(11)7-2-3-12-9(7)5-6/h6-9,18H,1-5H3;2-5,12H,1H3. The number of hydrogen-bond donors (Lipinski definition) is 2. The van der Waals surface area contributed by atoms with Crippen LogP contribution in [-0.2, 0) is 18.8 Å². The normalized spacial score (nSPS) is 16.0. The van der Waals surface area contributed by atoms with Crippen LogP contribution < -0.4 is 5.46 Å². The summed E-state index contributed by atoms with van der Waals surface area (Å²) in [6, 6.07) is 11.0.